The monoisotopic (exact) mass is 849 g/mol. The third-order valence-corrected chi connectivity index (χ3v) is 12.6. The summed E-state index contributed by atoms with van der Waals surface area (Å²) in [5.74, 6) is 0.821. The van der Waals surface area contributed by atoms with E-state index in [2.05, 4.69) is 34.6 Å². The second kappa shape index (κ2) is 46.9. The van der Waals surface area contributed by atoms with Crippen LogP contribution in [0, 0.1) is 11.8 Å². The van der Waals surface area contributed by atoms with Crippen molar-refractivity contribution in [2.24, 2.45) is 11.8 Å². The van der Waals surface area contributed by atoms with Crippen LogP contribution >= 0.6 is 0 Å². The van der Waals surface area contributed by atoms with E-state index in [0.717, 1.165) is 69.6 Å². The van der Waals surface area contributed by atoms with Crippen LogP contribution in [0.4, 0.5) is 0 Å². The Kier molecular flexibility index (Phi) is 45.7. The van der Waals surface area contributed by atoms with Gasteiger partial charge < -0.3 is 14.2 Å². The first-order valence-electron chi connectivity index (χ1n) is 26.8. The number of hydrogen-bond donors (Lipinski definition) is 0. The molecule has 0 aliphatic carbocycles. The smallest absolute Gasteiger partial charge is 0.306 e. The molecule has 0 aliphatic rings. The molecule has 0 heterocycles. The van der Waals surface area contributed by atoms with E-state index in [1.807, 2.05) is 0 Å². The highest BCUT2D eigenvalue weighted by molar-refractivity contribution is 5.71. The molecule has 0 N–H and O–H groups in total. The Balaban J connectivity index is 4.14. The third kappa shape index (κ3) is 45.9. The molecule has 356 valence electrons. The predicted molar refractivity (Wildman–Crippen MR) is 256 cm³/mol. The van der Waals surface area contributed by atoms with E-state index >= 15 is 0 Å². The highest BCUT2D eigenvalue weighted by Gasteiger charge is 2.19. The van der Waals surface area contributed by atoms with E-state index in [0.29, 0.717) is 19.3 Å². The van der Waals surface area contributed by atoms with Gasteiger partial charge in [-0.15, -0.1) is 0 Å². The normalized spacial score (nSPS) is 12.5. The summed E-state index contributed by atoms with van der Waals surface area (Å²) >= 11 is 0. The van der Waals surface area contributed by atoms with Crippen LogP contribution in [0.1, 0.15) is 298 Å². The van der Waals surface area contributed by atoms with Gasteiger partial charge in [0.25, 0.3) is 0 Å². The maximum atomic E-state index is 12.7. The molecule has 60 heavy (non-hydrogen) atoms. The lowest BCUT2D eigenvalue weighted by atomic mass is 9.99. The molecule has 6 nitrogen and oxygen atoms in total. The SMILES string of the molecule is CCCCCCCCCCCCCC(=O)O[C@@H](COC(=O)CCCCCCCCCCCCCCCCCCCCC(C)CC)COC(=O)CCCCCCCCC(C)C. The molecule has 0 saturated heterocycles. The van der Waals surface area contributed by atoms with Gasteiger partial charge in [0, 0.05) is 19.3 Å². The molecule has 0 aliphatic heterocycles. The number of ether oxygens (including phenoxy) is 3. The summed E-state index contributed by atoms with van der Waals surface area (Å²) in [5, 5.41) is 0. The largest absolute Gasteiger partial charge is 0.462 e. The first-order valence-corrected chi connectivity index (χ1v) is 26.8. The molecule has 2 atom stereocenters. The number of hydrogen-bond acceptors (Lipinski definition) is 6. The van der Waals surface area contributed by atoms with Crippen LogP contribution in [0.3, 0.4) is 0 Å². The molecule has 0 saturated carbocycles. The Labute approximate surface area is 374 Å². The van der Waals surface area contributed by atoms with Gasteiger partial charge in [0.1, 0.15) is 13.2 Å². The van der Waals surface area contributed by atoms with Gasteiger partial charge in [-0.3, -0.25) is 14.4 Å². The molecule has 0 fully saturated rings. The standard InChI is InChI=1S/C54H104O6/c1-6-8-9-10-11-12-21-26-29-36-41-46-54(57)60-51(48-59-53(56)45-40-35-31-30-32-37-42-49(3)4)47-58-52(55)44-39-34-28-25-23-20-18-16-14-13-15-17-19-22-24-27-33-38-43-50(5)7-2/h49-51H,6-48H2,1-5H3/t50?,51-/m0/s1. The van der Waals surface area contributed by atoms with Crippen LogP contribution in [0.2, 0.25) is 0 Å². The van der Waals surface area contributed by atoms with Gasteiger partial charge in [-0.05, 0) is 31.1 Å². The van der Waals surface area contributed by atoms with Crippen molar-refractivity contribution < 1.29 is 28.6 Å². The summed E-state index contributed by atoms with van der Waals surface area (Å²) < 4.78 is 16.8. The van der Waals surface area contributed by atoms with E-state index < -0.39 is 6.10 Å². The summed E-state index contributed by atoms with van der Waals surface area (Å²) in [5.41, 5.74) is 0. The van der Waals surface area contributed by atoms with Crippen molar-refractivity contribution in [1.82, 2.24) is 0 Å². The molecule has 1 unspecified atom stereocenters. The number of carbonyl (C=O) groups is 3. The molecular weight excluding hydrogens is 745 g/mol. The van der Waals surface area contributed by atoms with Gasteiger partial charge in [0.05, 0.1) is 0 Å². The van der Waals surface area contributed by atoms with Gasteiger partial charge in [0.2, 0.25) is 0 Å². The minimum atomic E-state index is -0.761. The quantitative estimate of drug-likeness (QED) is 0.0345. The molecule has 0 rings (SSSR count). The van der Waals surface area contributed by atoms with Crippen molar-refractivity contribution in [1.29, 1.82) is 0 Å². The summed E-state index contributed by atoms with van der Waals surface area (Å²) in [6.45, 7) is 11.4. The van der Waals surface area contributed by atoms with Gasteiger partial charge in [-0.25, -0.2) is 0 Å². The Morgan fingerprint density at radius 2 is 0.633 bits per heavy atom. The Bertz CT molecular complexity index is 918. The number of carbonyl (C=O) groups excluding carboxylic acids is 3. The number of unbranched alkanes of at least 4 members (excludes halogenated alkanes) is 32. The van der Waals surface area contributed by atoms with Crippen molar-refractivity contribution in [3.05, 3.63) is 0 Å². The first kappa shape index (κ1) is 58.4. The van der Waals surface area contributed by atoms with Crippen LogP contribution in [-0.2, 0) is 28.6 Å². The second-order valence-electron chi connectivity index (χ2n) is 19.2. The van der Waals surface area contributed by atoms with Crippen LogP contribution < -0.4 is 0 Å². The fourth-order valence-corrected chi connectivity index (χ4v) is 8.13. The molecule has 0 aromatic rings. The fraction of sp³-hybridized carbons (Fsp3) is 0.944. The summed E-state index contributed by atoms with van der Waals surface area (Å²) in [6.07, 6.45) is 48.2. The average Bonchev–Trinajstić information content (AvgIpc) is 3.23. The van der Waals surface area contributed by atoms with Crippen LogP contribution in [0.25, 0.3) is 0 Å². The van der Waals surface area contributed by atoms with Crippen molar-refractivity contribution >= 4 is 17.9 Å². The Hall–Kier alpha value is -1.59. The zero-order chi connectivity index (χ0) is 44.0. The van der Waals surface area contributed by atoms with Crippen molar-refractivity contribution in [2.75, 3.05) is 13.2 Å². The predicted octanol–water partition coefficient (Wildman–Crippen LogP) is 17.3. The molecule has 0 aromatic carbocycles. The molecule has 0 bridgehead atoms. The third-order valence-electron chi connectivity index (χ3n) is 12.6. The molecule has 0 amide bonds. The maximum Gasteiger partial charge on any atom is 0.306 e. The van der Waals surface area contributed by atoms with Crippen LogP contribution in [0.15, 0.2) is 0 Å². The maximum absolute atomic E-state index is 12.7. The Morgan fingerprint density at radius 3 is 0.950 bits per heavy atom. The summed E-state index contributed by atoms with van der Waals surface area (Å²) in [4.78, 5) is 37.8. The highest BCUT2D eigenvalue weighted by Crippen LogP contribution is 2.18. The number of rotatable bonds is 48. The van der Waals surface area contributed by atoms with Crippen molar-refractivity contribution in [3.8, 4) is 0 Å². The molecule has 6 heteroatoms. The van der Waals surface area contributed by atoms with E-state index in [1.165, 1.54) is 186 Å². The minimum Gasteiger partial charge on any atom is -0.462 e. The van der Waals surface area contributed by atoms with Gasteiger partial charge >= 0.3 is 17.9 Å². The zero-order valence-electron chi connectivity index (χ0n) is 41.1. The minimum absolute atomic E-state index is 0.0643. The molecule has 0 spiro atoms. The van der Waals surface area contributed by atoms with Crippen molar-refractivity contribution in [3.63, 3.8) is 0 Å². The van der Waals surface area contributed by atoms with Crippen LogP contribution in [-0.4, -0.2) is 37.2 Å². The van der Waals surface area contributed by atoms with E-state index in [-0.39, 0.29) is 31.1 Å². The van der Waals surface area contributed by atoms with Crippen LogP contribution in [0.5, 0.6) is 0 Å². The number of esters is 3. The lowest BCUT2D eigenvalue weighted by Crippen LogP contribution is -2.30. The highest BCUT2D eigenvalue weighted by atomic mass is 16.6. The second-order valence-corrected chi connectivity index (χ2v) is 19.2. The molecule has 0 radical (unpaired) electrons. The fourth-order valence-electron chi connectivity index (χ4n) is 8.13. The summed E-state index contributed by atoms with van der Waals surface area (Å²) in [6, 6.07) is 0. The average molecular weight is 849 g/mol. The first-order chi connectivity index (χ1) is 29.3. The molecular formula is C54H104O6. The van der Waals surface area contributed by atoms with Crippen molar-refractivity contribution in [2.45, 2.75) is 304 Å². The van der Waals surface area contributed by atoms with Gasteiger partial charge in [0.15, 0.2) is 6.10 Å². The van der Waals surface area contributed by atoms with E-state index in [9.17, 15) is 14.4 Å². The Morgan fingerprint density at radius 1 is 0.350 bits per heavy atom. The van der Waals surface area contributed by atoms with Gasteiger partial charge in [-0.1, -0.05) is 259 Å². The molecule has 0 aromatic heterocycles. The lowest BCUT2D eigenvalue weighted by molar-refractivity contribution is -0.167. The van der Waals surface area contributed by atoms with E-state index in [1.54, 1.807) is 0 Å². The summed E-state index contributed by atoms with van der Waals surface area (Å²) in [7, 11) is 0. The zero-order valence-corrected chi connectivity index (χ0v) is 41.1. The topological polar surface area (TPSA) is 78.9 Å². The lowest BCUT2D eigenvalue weighted by Gasteiger charge is -2.18. The van der Waals surface area contributed by atoms with E-state index in [4.69, 9.17) is 14.2 Å². The van der Waals surface area contributed by atoms with Gasteiger partial charge in [-0.2, -0.15) is 0 Å².